The Morgan fingerprint density at radius 2 is 1.76 bits per heavy atom. The number of methoxy groups -OCH3 is 1. The summed E-state index contributed by atoms with van der Waals surface area (Å²) in [5.41, 5.74) is 1.60. The number of aromatic nitrogens is 3. The van der Waals surface area contributed by atoms with Crippen molar-refractivity contribution in [3.63, 3.8) is 0 Å². The van der Waals surface area contributed by atoms with E-state index in [9.17, 15) is 0 Å². The van der Waals surface area contributed by atoms with Crippen LogP contribution in [0.15, 0.2) is 24.3 Å². The predicted molar refractivity (Wildman–Crippen MR) is 97.8 cm³/mol. The fourth-order valence-electron chi connectivity index (χ4n) is 2.62. The maximum Gasteiger partial charge on any atom is 0.247 e. The van der Waals surface area contributed by atoms with Gasteiger partial charge in [0.25, 0.3) is 0 Å². The molecule has 2 aromatic rings. The van der Waals surface area contributed by atoms with Crippen LogP contribution < -0.4 is 15.0 Å². The Balaban J connectivity index is 1.92. The molecule has 1 saturated heterocycles. The van der Waals surface area contributed by atoms with E-state index in [4.69, 9.17) is 14.5 Å². The first-order chi connectivity index (χ1) is 12.0. The highest BCUT2D eigenvalue weighted by molar-refractivity contribution is 5.61. The number of ether oxygens (including phenoxy) is 2. The molecule has 0 amide bonds. The molecule has 2 heterocycles. The fraction of sp³-hybridized carbons (Fsp3) is 0.500. The second-order valence-electron chi connectivity index (χ2n) is 7.01. The molecular weight excluding hydrogens is 318 g/mol. The molecule has 0 radical (unpaired) electrons. The molecular formula is C18H25N5O2. The highest BCUT2D eigenvalue weighted by Crippen LogP contribution is 2.29. The van der Waals surface area contributed by atoms with E-state index in [0.717, 1.165) is 36.0 Å². The quantitative estimate of drug-likeness (QED) is 0.915. The molecule has 1 N–H and O–H groups in total. The number of hydrogen-bond acceptors (Lipinski definition) is 7. The van der Waals surface area contributed by atoms with Gasteiger partial charge < -0.3 is 19.7 Å². The lowest BCUT2D eigenvalue weighted by Gasteiger charge is -2.28. The molecule has 1 fully saturated rings. The molecule has 0 atom stereocenters. The average Bonchev–Trinajstić information content (AvgIpc) is 2.62. The van der Waals surface area contributed by atoms with Crippen LogP contribution in [-0.4, -0.2) is 48.6 Å². The van der Waals surface area contributed by atoms with Crippen LogP contribution in [0.3, 0.4) is 0 Å². The van der Waals surface area contributed by atoms with Gasteiger partial charge in [0.05, 0.1) is 20.3 Å². The van der Waals surface area contributed by atoms with E-state index in [1.807, 2.05) is 24.3 Å². The number of nitrogens with zero attached hydrogens (tertiary/aromatic N) is 4. The van der Waals surface area contributed by atoms with Crippen LogP contribution in [0.5, 0.6) is 5.75 Å². The zero-order valence-corrected chi connectivity index (χ0v) is 15.2. The van der Waals surface area contributed by atoms with Crippen molar-refractivity contribution >= 4 is 17.5 Å². The molecule has 1 aromatic carbocycles. The summed E-state index contributed by atoms with van der Waals surface area (Å²) >= 11 is 0. The minimum absolute atomic E-state index is 0.168. The third kappa shape index (κ3) is 4.17. The molecule has 0 saturated carbocycles. The normalized spacial score (nSPS) is 15.1. The lowest BCUT2D eigenvalue weighted by Crippen LogP contribution is -2.38. The van der Waals surface area contributed by atoms with Crippen molar-refractivity contribution < 1.29 is 9.47 Å². The first-order valence-corrected chi connectivity index (χ1v) is 8.46. The molecule has 3 rings (SSSR count). The Hall–Kier alpha value is -2.41. The molecule has 1 aliphatic rings. The highest BCUT2D eigenvalue weighted by Gasteiger charge is 2.24. The zero-order chi connectivity index (χ0) is 17.9. The summed E-state index contributed by atoms with van der Waals surface area (Å²) in [5.74, 6) is 2.18. The van der Waals surface area contributed by atoms with E-state index in [2.05, 4.69) is 41.2 Å². The molecule has 25 heavy (non-hydrogen) atoms. The van der Waals surface area contributed by atoms with Crippen molar-refractivity contribution in [3.8, 4) is 5.75 Å². The molecule has 0 aliphatic carbocycles. The van der Waals surface area contributed by atoms with Crippen LogP contribution >= 0.6 is 0 Å². The van der Waals surface area contributed by atoms with Gasteiger partial charge in [0.1, 0.15) is 11.4 Å². The SMILES string of the molecule is COc1ccc(Nc2nc(N3CCOCC3)nnc2C(C)(C)C)cc1. The van der Waals surface area contributed by atoms with Crippen LogP contribution in [0.25, 0.3) is 0 Å². The third-order valence-corrected chi connectivity index (χ3v) is 4.03. The van der Waals surface area contributed by atoms with Gasteiger partial charge in [-0.2, -0.15) is 4.98 Å². The van der Waals surface area contributed by atoms with Gasteiger partial charge in [-0.05, 0) is 24.3 Å². The number of anilines is 3. The molecule has 134 valence electrons. The summed E-state index contributed by atoms with van der Waals surface area (Å²) < 4.78 is 10.6. The highest BCUT2D eigenvalue weighted by atomic mass is 16.5. The lowest BCUT2D eigenvalue weighted by molar-refractivity contribution is 0.122. The Labute approximate surface area is 148 Å². The largest absolute Gasteiger partial charge is 0.497 e. The Morgan fingerprint density at radius 3 is 2.36 bits per heavy atom. The molecule has 1 aromatic heterocycles. The monoisotopic (exact) mass is 343 g/mol. The van der Waals surface area contributed by atoms with E-state index in [1.54, 1.807) is 7.11 Å². The van der Waals surface area contributed by atoms with Gasteiger partial charge in [0, 0.05) is 24.2 Å². The second kappa shape index (κ2) is 7.23. The Kier molecular flexibility index (Phi) is 5.03. The minimum Gasteiger partial charge on any atom is -0.497 e. The fourth-order valence-corrected chi connectivity index (χ4v) is 2.62. The molecule has 1 aliphatic heterocycles. The summed E-state index contributed by atoms with van der Waals surface area (Å²) in [6.45, 7) is 9.24. The van der Waals surface area contributed by atoms with Gasteiger partial charge in [-0.1, -0.05) is 20.8 Å². The van der Waals surface area contributed by atoms with Crippen molar-refractivity contribution in [1.29, 1.82) is 0 Å². The lowest BCUT2D eigenvalue weighted by atomic mass is 9.92. The number of morpholine rings is 1. The van der Waals surface area contributed by atoms with Gasteiger partial charge in [-0.25, -0.2) is 0 Å². The zero-order valence-electron chi connectivity index (χ0n) is 15.2. The number of nitrogens with one attached hydrogen (secondary N) is 1. The number of benzene rings is 1. The first kappa shape index (κ1) is 17.4. The van der Waals surface area contributed by atoms with Crippen molar-refractivity contribution in [1.82, 2.24) is 15.2 Å². The van der Waals surface area contributed by atoms with Gasteiger partial charge in [-0.3, -0.25) is 0 Å². The summed E-state index contributed by atoms with van der Waals surface area (Å²) in [5, 5.41) is 12.2. The van der Waals surface area contributed by atoms with E-state index < -0.39 is 0 Å². The Bertz CT molecular complexity index is 706. The van der Waals surface area contributed by atoms with Gasteiger partial charge in [-0.15, -0.1) is 10.2 Å². The minimum atomic E-state index is -0.168. The predicted octanol–water partition coefficient (Wildman–Crippen LogP) is 2.76. The summed E-state index contributed by atoms with van der Waals surface area (Å²) in [6, 6.07) is 7.75. The van der Waals surface area contributed by atoms with E-state index in [1.165, 1.54) is 0 Å². The summed E-state index contributed by atoms with van der Waals surface area (Å²) in [4.78, 5) is 6.85. The van der Waals surface area contributed by atoms with Crippen molar-refractivity contribution in [3.05, 3.63) is 30.0 Å². The summed E-state index contributed by atoms with van der Waals surface area (Å²) in [7, 11) is 1.66. The van der Waals surface area contributed by atoms with E-state index >= 15 is 0 Å². The van der Waals surface area contributed by atoms with Crippen molar-refractivity contribution in [2.45, 2.75) is 26.2 Å². The second-order valence-corrected chi connectivity index (χ2v) is 7.01. The van der Waals surface area contributed by atoms with Crippen LogP contribution in [0, 0.1) is 0 Å². The summed E-state index contributed by atoms with van der Waals surface area (Å²) in [6.07, 6.45) is 0. The van der Waals surface area contributed by atoms with Crippen molar-refractivity contribution in [2.24, 2.45) is 0 Å². The van der Waals surface area contributed by atoms with Gasteiger partial charge >= 0.3 is 0 Å². The maximum atomic E-state index is 5.40. The topological polar surface area (TPSA) is 72.4 Å². The van der Waals surface area contributed by atoms with E-state index in [0.29, 0.717) is 19.2 Å². The molecule has 7 heteroatoms. The first-order valence-electron chi connectivity index (χ1n) is 8.46. The van der Waals surface area contributed by atoms with Crippen LogP contribution in [0.2, 0.25) is 0 Å². The van der Waals surface area contributed by atoms with Gasteiger partial charge in [0.2, 0.25) is 5.95 Å². The maximum absolute atomic E-state index is 5.40. The number of rotatable bonds is 4. The van der Waals surface area contributed by atoms with Gasteiger partial charge in [0.15, 0.2) is 5.82 Å². The van der Waals surface area contributed by atoms with Crippen LogP contribution in [0.4, 0.5) is 17.5 Å². The standard InChI is InChI=1S/C18H25N5O2/c1-18(2,3)15-16(19-13-5-7-14(24-4)8-6-13)20-17(22-21-15)23-9-11-25-12-10-23/h5-8H,9-12H2,1-4H3,(H,19,20,22). The molecule has 0 unspecified atom stereocenters. The number of hydrogen-bond donors (Lipinski definition) is 1. The average molecular weight is 343 g/mol. The van der Waals surface area contributed by atoms with Crippen LogP contribution in [0.1, 0.15) is 26.5 Å². The molecule has 0 bridgehead atoms. The Morgan fingerprint density at radius 1 is 1.08 bits per heavy atom. The molecule has 7 nitrogen and oxygen atoms in total. The van der Waals surface area contributed by atoms with E-state index in [-0.39, 0.29) is 5.41 Å². The smallest absolute Gasteiger partial charge is 0.247 e. The van der Waals surface area contributed by atoms with Crippen molar-refractivity contribution in [2.75, 3.05) is 43.6 Å². The molecule has 0 spiro atoms. The third-order valence-electron chi connectivity index (χ3n) is 4.03. The van der Waals surface area contributed by atoms with Crippen LogP contribution in [-0.2, 0) is 10.2 Å².